The number of nitrogens with zero attached hydrogens (tertiary/aromatic N) is 3. The molecular weight excluding hydrogens is 354 g/mol. The summed E-state index contributed by atoms with van der Waals surface area (Å²) in [6.45, 7) is 7.96. The van der Waals surface area contributed by atoms with Gasteiger partial charge in [0.2, 0.25) is 0 Å². The van der Waals surface area contributed by atoms with Crippen molar-refractivity contribution in [3.63, 3.8) is 0 Å². The van der Waals surface area contributed by atoms with E-state index in [0.29, 0.717) is 11.6 Å². The van der Waals surface area contributed by atoms with Crippen LogP contribution in [0.4, 0.5) is 0 Å². The molecule has 4 aliphatic rings. The van der Waals surface area contributed by atoms with Gasteiger partial charge in [0.25, 0.3) is 0 Å². The molecule has 2 saturated carbocycles. The van der Waals surface area contributed by atoms with Crippen LogP contribution in [0.15, 0.2) is 5.51 Å². The molecular formula is C22H35N3OS. The van der Waals surface area contributed by atoms with Crippen LogP contribution in [-0.4, -0.2) is 58.7 Å². The van der Waals surface area contributed by atoms with Gasteiger partial charge in [-0.05, 0) is 51.4 Å². The third-order valence-corrected chi connectivity index (χ3v) is 8.61. The Morgan fingerprint density at radius 2 is 1.93 bits per heavy atom. The third kappa shape index (κ3) is 3.73. The Labute approximate surface area is 168 Å². The second-order valence-electron chi connectivity index (χ2n) is 9.45. The van der Waals surface area contributed by atoms with Gasteiger partial charge < -0.3 is 4.74 Å². The number of hydrogen-bond acceptors (Lipinski definition) is 5. The molecule has 0 bridgehead atoms. The minimum atomic E-state index is 0.397. The number of aromatic nitrogens is 1. The van der Waals surface area contributed by atoms with Crippen LogP contribution in [0.2, 0.25) is 0 Å². The SMILES string of the molecule is Cc1ncsc1CN1CCC(N2CC(OCC3CC3)C23CCCCC3)CC1. The summed E-state index contributed by atoms with van der Waals surface area (Å²) in [6, 6.07) is 0.780. The van der Waals surface area contributed by atoms with Crippen LogP contribution in [0.1, 0.15) is 68.4 Å². The summed E-state index contributed by atoms with van der Waals surface area (Å²) >= 11 is 1.82. The molecule has 0 N–H and O–H groups in total. The molecule has 4 fully saturated rings. The molecule has 5 heteroatoms. The van der Waals surface area contributed by atoms with Gasteiger partial charge in [-0.1, -0.05) is 19.3 Å². The molecule has 1 unspecified atom stereocenters. The summed E-state index contributed by atoms with van der Waals surface area (Å²) in [4.78, 5) is 11.4. The van der Waals surface area contributed by atoms with Crippen molar-refractivity contribution in [1.82, 2.24) is 14.8 Å². The van der Waals surface area contributed by atoms with Crippen molar-refractivity contribution in [2.24, 2.45) is 5.92 Å². The van der Waals surface area contributed by atoms with E-state index in [2.05, 4.69) is 21.7 Å². The lowest BCUT2D eigenvalue weighted by atomic mass is 9.69. The first-order valence-corrected chi connectivity index (χ1v) is 12.1. The highest BCUT2D eigenvalue weighted by molar-refractivity contribution is 7.09. The van der Waals surface area contributed by atoms with Crippen molar-refractivity contribution in [2.75, 3.05) is 26.2 Å². The number of rotatable bonds is 6. The van der Waals surface area contributed by atoms with Crippen LogP contribution in [-0.2, 0) is 11.3 Å². The first-order chi connectivity index (χ1) is 13.2. The molecule has 5 rings (SSSR count). The molecule has 2 saturated heterocycles. The van der Waals surface area contributed by atoms with Gasteiger partial charge in [-0.2, -0.15) is 0 Å². The summed E-state index contributed by atoms with van der Waals surface area (Å²) < 4.78 is 6.46. The zero-order chi connectivity index (χ0) is 18.3. The molecule has 1 aromatic heterocycles. The van der Waals surface area contributed by atoms with Gasteiger partial charge in [0.15, 0.2) is 0 Å². The number of aryl methyl sites for hydroxylation is 1. The van der Waals surface area contributed by atoms with Gasteiger partial charge in [0.05, 0.1) is 17.3 Å². The van der Waals surface area contributed by atoms with E-state index >= 15 is 0 Å². The van der Waals surface area contributed by atoms with E-state index in [1.807, 2.05) is 16.8 Å². The van der Waals surface area contributed by atoms with Crippen molar-refractivity contribution in [2.45, 2.75) is 88.9 Å². The van der Waals surface area contributed by atoms with Crippen molar-refractivity contribution in [3.05, 3.63) is 16.1 Å². The first-order valence-electron chi connectivity index (χ1n) is 11.2. The predicted octanol–water partition coefficient (Wildman–Crippen LogP) is 4.23. The molecule has 150 valence electrons. The Morgan fingerprint density at radius 3 is 2.59 bits per heavy atom. The smallest absolute Gasteiger partial charge is 0.0885 e. The second-order valence-corrected chi connectivity index (χ2v) is 10.4. The predicted molar refractivity (Wildman–Crippen MR) is 110 cm³/mol. The van der Waals surface area contributed by atoms with Crippen molar-refractivity contribution in [3.8, 4) is 0 Å². The van der Waals surface area contributed by atoms with Crippen molar-refractivity contribution < 1.29 is 4.74 Å². The lowest BCUT2D eigenvalue weighted by Crippen LogP contribution is -2.75. The van der Waals surface area contributed by atoms with E-state index < -0.39 is 0 Å². The Kier molecular flexibility index (Phi) is 5.31. The van der Waals surface area contributed by atoms with E-state index in [4.69, 9.17) is 4.74 Å². The fraction of sp³-hybridized carbons (Fsp3) is 0.864. The topological polar surface area (TPSA) is 28.6 Å². The first kappa shape index (κ1) is 18.5. The molecule has 2 aliphatic heterocycles. The van der Waals surface area contributed by atoms with Gasteiger partial charge in [-0.15, -0.1) is 11.3 Å². The highest BCUT2D eigenvalue weighted by atomic mass is 32.1. The summed E-state index contributed by atoms with van der Waals surface area (Å²) in [6.07, 6.45) is 13.0. The summed E-state index contributed by atoms with van der Waals surface area (Å²) in [5, 5.41) is 0. The summed E-state index contributed by atoms with van der Waals surface area (Å²) in [7, 11) is 0. The quantitative estimate of drug-likeness (QED) is 0.728. The van der Waals surface area contributed by atoms with E-state index in [9.17, 15) is 0 Å². The van der Waals surface area contributed by atoms with Gasteiger partial charge in [-0.3, -0.25) is 9.80 Å². The van der Waals surface area contributed by atoms with Crippen LogP contribution in [0.3, 0.4) is 0 Å². The molecule has 0 radical (unpaired) electrons. The zero-order valence-electron chi connectivity index (χ0n) is 16.9. The number of thiazole rings is 1. The average molecular weight is 390 g/mol. The van der Waals surface area contributed by atoms with E-state index in [0.717, 1.165) is 25.1 Å². The summed E-state index contributed by atoms with van der Waals surface area (Å²) in [5.41, 5.74) is 3.61. The van der Waals surface area contributed by atoms with E-state index in [1.165, 1.54) is 88.0 Å². The molecule has 27 heavy (non-hydrogen) atoms. The maximum atomic E-state index is 6.46. The highest BCUT2D eigenvalue weighted by Gasteiger charge is 2.56. The second kappa shape index (κ2) is 7.74. The maximum absolute atomic E-state index is 6.46. The van der Waals surface area contributed by atoms with Crippen LogP contribution >= 0.6 is 11.3 Å². The molecule has 1 aromatic rings. The molecule has 2 aliphatic carbocycles. The molecule has 3 heterocycles. The van der Waals surface area contributed by atoms with E-state index in [1.54, 1.807) is 0 Å². The zero-order valence-corrected chi connectivity index (χ0v) is 17.7. The molecule has 0 aromatic carbocycles. The number of hydrogen-bond donors (Lipinski definition) is 0. The molecule has 1 spiro atoms. The van der Waals surface area contributed by atoms with Crippen molar-refractivity contribution in [1.29, 1.82) is 0 Å². The third-order valence-electron chi connectivity index (χ3n) is 7.69. The van der Waals surface area contributed by atoms with Gasteiger partial charge >= 0.3 is 0 Å². The maximum Gasteiger partial charge on any atom is 0.0885 e. The Balaban J connectivity index is 1.18. The minimum absolute atomic E-state index is 0.397. The van der Waals surface area contributed by atoms with Crippen LogP contribution < -0.4 is 0 Å². The molecule has 4 nitrogen and oxygen atoms in total. The van der Waals surface area contributed by atoms with E-state index in [-0.39, 0.29) is 0 Å². The van der Waals surface area contributed by atoms with Gasteiger partial charge in [-0.25, -0.2) is 4.98 Å². The summed E-state index contributed by atoms with van der Waals surface area (Å²) in [5.74, 6) is 0.887. The Morgan fingerprint density at radius 1 is 1.15 bits per heavy atom. The van der Waals surface area contributed by atoms with Gasteiger partial charge in [0, 0.05) is 49.2 Å². The molecule has 0 amide bonds. The lowest BCUT2D eigenvalue weighted by molar-refractivity contribution is -0.203. The largest absolute Gasteiger partial charge is 0.375 e. The fourth-order valence-corrected chi connectivity index (χ4v) is 6.52. The Hall–Kier alpha value is -0.490. The highest BCUT2D eigenvalue weighted by Crippen LogP contribution is 2.48. The van der Waals surface area contributed by atoms with Crippen LogP contribution in [0.5, 0.6) is 0 Å². The fourth-order valence-electron chi connectivity index (χ4n) is 5.70. The number of piperidine rings is 1. The standard InChI is InChI=1S/C22H35N3OS/c1-17-20(27-16-23-17)13-24-11-7-19(8-12-24)25-14-21(26-15-18-5-6-18)22(25)9-3-2-4-10-22/h16,18-19,21H,2-15H2,1H3. The Bertz CT molecular complexity index is 629. The monoisotopic (exact) mass is 389 g/mol. The normalized spacial score (nSPS) is 29.9. The van der Waals surface area contributed by atoms with Crippen LogP contribution in [0, 0.1) is 12.8 Å². The lowest BCUT2D eigenvalue weighted by Gasteiger charge is -2.63. The number of ether oxygens (including phenoxy) is 1. The number of likely N-dealkylation sites (tertiary alicyclic amines) is 2. The average Bonchev–Trinajstić information content (AvgIpc) is 3.44. The van der Waals surface area contributed by atoms with Gasteiger partial charge in [0.1, 0.15) is 0 Å². The molecule has 1 atom stereocenters. The van der Waals surface area contributed by atoms with Crippen LogP contribution in [0.25, 0.3) is 0 Å². The minimum Gasteiger partial charge on any atom is -0.375 e. The van der Waals surface area contributed by atoms with Crippen molar-refractivity contribution >= 4 is 11.3 Å².